The third-order valence-electron chi connectivity index (χ3n) is 16.8. The van der Waals surface area contributed by atoms with E-state index in [9.17, 15) is 43.2 Å². The Labute approximate surface area is 608 Å². The topological polar surface area (TPSA) is 237 Å². The van der Waals surface area contributed by atoms with Crippen molar-refractivity contribution in [1.82, 2.24) is 0 Å². The lowest BCUT2D eigenvalue weighted by molar-refractivity contribution is -0.161. The van der Waals surface area contributed by atoms with Crippen molar-refractivity contribution in [3.63, 3.8) is 0 Å². The molecule has 17 nitrogen and oxygen atoms in total. The van der Waals surface area contributed by atoms with E-state index in [1.807, 2.05) is 12.2 Å². The second-order valence-corrected chi connectivity index (χ2v) is 29.6. The van der Waals surface area contributed by atoms with Crippen molar-refractivity contribution < 1.29 is 80.2 Å². The molecular formula is C81H144O17P2. The summed E-state index contributed by atoms with van der Waals surface area (Å²) in [5.74, 6) is -2.24. The van der Waals surface area contributed by atoms with Gasteiger partial charge in [-0.3, -0.25) is 37.3 Å². The summed E-state index contributed by atoms with van der Waals surface area (Å²) < 4.78 is 68.5. The molecule has 0 aliphatic heterocycles. The predicted octanol–water partition coefficient (Wildman–Crippen LogP) is 23.0. The normalized spacial score (nSPS) is 14.3. The van der Waals surface area contributed by atoms with Crippen LogP contribution in [0.4, 0.5) is 0 Å². The number of phosphoric ester groups is 2. The number of ether oxygens (including phenoxy) is 4. The van der Waals surface area contributed by atoms with Gasteiger partial charge in [0.25, 0.3) is 0 Å². The number of esters is 4. The Morgan fingerprint density at radius 1 is 0.280 bits per heavy atom. The molecular weight excluding hydrogens is 1310 g/mol. The molecule has 3 N–H and O–H groups in total. The summed E-state index contributed by atoms with van der Waals surface area (Å²) in [5.41, 5.74) is 0. The van der Waals surface area contributed by atoms with Crippen LogP contribution < -0.4 is 0 Å². The zero-order valence-electron chi connectivity index (χ0n) is 63.4. The molecule has 0 saturated carbocycles. The number of carbonyl (C=O) groups excluding carboxylic acids is 4. The van der Waals surface area contributed by atoms with Crippen molar-refractivity contribution in [3.8, 4) is 0 Å². The predicted molar refractivity (Wildman–Crippen MR) is 409 cm³/mol. The van der Waals surface area contributed by atoms with E-state index < -0.39 is 97.5 Å². The van der Waals surface area contributed by atoms with Gasteiger partial charge in [-0.05, 0) is 122 Å². The van der Waals surface area contributed by atoms with Gasteiger partial charge in [0.15, 0.2) is 12.2 Å². The van der Waals surface area contributed by atoms with Gasteiger partial charge in [0.1, 0.15) is 19.3 Å². The van der Waals surface area contributed by atoms with E-state index >= 15 is 0 Å². The Balaban J connectivity index is 5.40. The first-order chi connectivity index (χ1) is 48.7. The molecule has 100 heavy (non-hydrogen) atoms. The Morgan fingerprint density at radius 2 is 0.500 bits per heavy atom. The lowest BCUT2D eigenvalue weighted by Gasteiger charge is -2.21. The summed E-state index contributed by atoms with van der Waals surface area (Å²) in [6.07, 6.45) is 75.7. The third-order valence-corrected chi connectivity index (χ3v) is 18.7. The van der Waals surface area contributed by atoms with E-state index in [2.05, 4.69) is 101 Å². The SMILES string of the molecule is CCCCC/C=C\C/C=C\C/C=C\C/C=C\CCCC(=O)O[C@H](COC(=O)CCCCCCC/C=C\CCCCCCCC)COP(=O)(O)OC[C@@H](O)COP(=O)(O)OC[C@@H](COC(=O)CCCCCCC/C=C\C/C=C\CCCCC)OC(=O)CCCCCCCCCCCCCCC. The molecule has 0 amide bonds. The highest BCUT2D eigenvalue weighted by Crippen LogP contribution is 2.45. The van der Waals surface area contributed by atoms with Gasteiger partial charge in [-0.25, -0.2) is 9.13 Å². The van der Waals surface area contributed by atoms with Gasteiger partial charge in [0.05, 0.1) is 26.4 Å². The number of unbranched alkanes of at least 4 members (excludes halogenated alkanes) is 35. The summed E-state index contributed by atoms with van der Waals surface area (Å²) in [6.45, 7) is 4.77. The zero-order valence-corrected chi connectivity index (χ0v) is 65.2. The monoisotopic (exact) mass is 1450 g/mol. The van der Waals surface area contributed by atoms with Crippen LogP contribution in [0.1, 0.15) is 349 Å². The van der Waals surface area contributed by atoms with Crippen LogP contribution in [0.15, 0.2) is 85.1 Å². The molecule has 0 fully saturated rings. The van der Waals surface area contributed by atoms with Crippen LogP contribution in [0.2, 0.25) is 0 Å². The largest absolute Gasteiger partial charge is 0.472 e. The Kier molecular flexibility index (Phi) is 70.8. The Morgan fingerprint density at radius 3 is 0.820 bits per heavy atom. The van der Waals surface area contributed by atoms with Crippen LogP contribution in [0.3, 0.4) is 0 Å². The van der Waals surface area contributed by atoms with Crippen LogP contribution in [0.5, 0.6) is 0 Å². The molecule has 0 aliphatic rings. The molecule has 0 spiro atoms. The Bertz CT molecular complexity index is 2230. The number of hydrogen-bond acceptors (Lipinski definition) is 15. The van der Waals surface area contributed by atoms with Gasteiger partial charge < -0.3 is 33.8 Å². The molecule has 0 heterocycles. The highest BCUT2D eigenvalue weighted by Gasteiger charge is 2.30. The van der Waals surface area contributed by atoms with Gasteiger partial charge in [0, 0.05) is 25.7 Å². The minimum atomic E-state index is -4.99. The first-order valence-corrected chi connectivity index (χ1v) is 42.8. The van der Waals surface area contributed by atoms with E-state index in [1.54, 1.807) is 0 Å². The average Bonchev–Trinajstić information content (AvgIpc) is 0.962. The summed E-state index contributed by atoms with van der Waals surface area (Å²) in [6, 6.07) is 0. The van der Waals surface area contributed by atoms with E-state index in [4.69, 9.17) is 37.0 Å². The fourth-order valence-electron chi connectivity index (χ4n) is 10.7. The van der Waals surface area contributed by atoms with Crippen LogP contribution in [0, 0.1) is 0 Å². The summed E-state index contributed by atoms with van der Waals surface area (Å²) in [5, 5.41) is 10.6. The van der Waals surface area contributed by atoms with Crippen molar-refractivity contribution in [2.75, 3.05) is 39.6 Å². The molecule has 2 unspecified atom stereocenters. The summed E-state index contributed by atoms with van der Waals surface area (Å²) >= 11 is 0. The standard InChI is InChI=1S/C81H144O17P2/c1-5-9-13-17-21-25-29-33-36-37-40-44-48-52-56-60-64-68-81(86)98-77(72-92-79(84)66-62-58-54-50-46-43-39-35-31-27-23-19-15-11-7-3)74-96-100(89,90)94-70-75(82)69-93-99(87,88)95-73-76(97-80(85)67-63-59-55-51-47-41-32-28-24-20-16-12-8-4)71-91-78(83)65-61-57-53-49-45-42-38-34-30-26-22-18-14-10-6-2/h21-22,25-26,33-36,38-40,44,52,56,75-77,82H,5-20,23-24,27-32,37,41-43,45-51,53-55,57-74H2,1-4H3,(H,87,88)(H,89,90)/b25-21-,26-22-,36-33-,38-34-,39-35-,44-40-,56-52-/t75-,76+,77+/m0/s1. The fraction of sp³-hybridized carbons (Fsp3) is 0.778. The zero-order chi connectivity index (χ0) is 73.2. The number of phosphoric acid groups is 2. The van der Waals surface area contributed by atoms with Crippen LogP contribution in [-0.4, -0.2) is 96.7 Å². The molecule has 0 rings (SSSR count). The van der Waals surface area contributed by atoms with Crippen molar-refractivity contribution >= 4 is 39.5 Å². The summed E-state index contributed by atoms with van der Waals surface area (Å²) in [7, 11) is -9.97. The summed E-state index contributed by atoms with van der Waals surface area (Å²) in [4.78, 5) is 72.9. The first kappa shape index (κ1) is 96.2. The van der Waals surface area contributed by atoms with Gasteiger partial charge in [0.2, 0.25) is 0 Å². The molecule has 0 aromatic rings. The quantitative estimate of drug-likeness (QED) is 0.0169. The molecule has 0 aromatic carbocycles. The number of aliphatic hydroxyl groups excluding tert-OH is 1. The smallest absolute Gasteiger partial charge is 0.462 e. The minimum absolute atomic E-state index is 0.0191. The molecule has 0 radical (unpaired) electrons. The van der Waals surface area contributed by atoms with Gasteiger partial charge in [-0.1, -0.05) is 286 Å². The van der Waals surface area contributed by atoms with Crippen LogP contribution in [-0.2, 0) is 65.4 Å². The second kappa shape index (κ2) is 73.5. The van der Waals surface area contributed by atoms with Gasteiger partial charge in [-0.15, -0.1) is 0 Å². The molecule has 0 aliphatic carbocycles. The third kappa shape index (κ3) is 72.6. The van der Waals surface area contributed by atoms with E-state index in [0.717, 1.165) is 135 Å². The first-order valence-electron chi connectivity index (χ1n) is 39.8. The number of rotatable bonds is 75. The maximum Gasteiger partial charge on any atom is 0.472 e. The Hall–Kier alpha value is -3.76. The average molecular weight is 1450 g/mol. The van der Waals surface area contributed by atoms with E-state index in [-0.39, 0.29) is 25.7 Å². The molecule has 5 atom stereocenters. The number of allylic oxidation sites excluding steroid dienone is 14. The molecule has 19 heteroatoms. The molecule has 0 saturated heterocycles. The van der Waals surface area contributed by atoms with E-state index in [1.165, 1.54) is 128 Å². The van der Waals surface area contributed by atoms with Crippen molar-refractivity contribution in [3.05, 3.63) is 85.1 Å². The lowest BCUT2D eigenvalue weighted by atomic mass is 10.0. The number of carbonyl (C=O) groups is 4. The maximum absolute atomic E-state index is 13.1. The number of hydrogen-bond donors (Lipinski definition) is 3. The van der Waals surface area contributed by atoms with E-state index in [0.29, 0.717) is 32.1 Å². The molecule has 0 aromatic heterocycles. The second-order valence-electron chi connectivity index (χ2n) is 26.7. The van der Waals surface area contributed by atoms with Crippen LogP contribution in [0.25, 0.3) is 0 Å². The maximum atomic E-state index is 13.1. The van der Waals surface area contributed by atoms with Crippen LogP contribution >= 0.6 is 15.6 Å². The van der Waals surface area contributed by atoms with Crippen molar-refractivity contribution in [2.45, 2.75) is 367 Å². The fourth-order valence-corrected chi connectivity index (χ4v) is 12.3. The molecule has 580 valence electrons. The van der Waals surface area contributed by atoms with Gasteiger partial charge in [-0.2, -0.15) is 0 Å². The highest BCUT2D eigenvalue weighted by atomic mass is 31.2. The number of aliphatic hydroxyl groups is 1. The molecule has 0 bridgehead atoms. The highest BCUT2D eigenvalue weighted by molar-refractivity contribution is 7.47. The lowest BCUT2D eigenvalue weighted by Crippen LogP contribution is -2.30. The van der Waals surface area contributed by atoms with Gasteiger partial charge >= 0.3 is 39.5 Å². The van der Waals surface area contributed by atoms with Crippen molar-refractivity contribution in [2.24, 2.45) is 0 Å². The van der Waals surface area contributed by atoms with Crippen molar-refractivity contribution in [1.29, 1.82) is 0 Å². The minimum Gasteiger partial charge on any atom is -0.462 e.